The molecule has 1 N–H and O–H groups in total. The molecule has 3 aromatic carbocycles. The van der Waals surface area contributed by atoms with Gasteiger partial charge >= 0.3 is 18.2 Å². The summed E-state index contributed by atoms with van der Waals surface area (Å²) in [6.45, 7) is 10.6. The number of alkyl carbamates (subject to hydrolysis) is 1. The van der Waals surface area contributed by atoms with E-state index >= 15 is 0 Å². The smallest absolute Gasteiger partial charge is 0.410 e. The van der Waals surface area contributed by atoms with Crippen LogP contribution in [0.15, 0.2) is 66.7 Å². The van der Waals surface area contributed by atoms with E-state index < -0.39 is 29.4 Å². The molecule has 0 spiro atoms. The number of ether oxygens (including phenoxy) is 3. The molecule has 4 aromatic rings. The third-order valence-corrected chi connectivity index (χ3v) is 10.1. The molecule has 3 heterocycles. The molecule has 1 atom stereocenters. The van der Waals surface area contributed by atoms with Crippen LogP contribution in [0.4, 0.5) is 21.1 Å². The van der Waals surface area contributed by atoms with Gasteiger partial charge in [0.15, 0.2) is 0 Å². The first-order valence-corrected chi connectivity index (χ1v) is 18.4. The van der Waals surface area contributed by atoms with Crippen molar-refractivity contribution in [3.8, 4) is 12.1 Å². The van der Waals surface area contributed by atoms with E-state index in [9.17, 15) is 14.9 Å². The maximum Gasteiger partial charge on any atom is 0.410 e. The number of nitrogens with one attached hydrogen (secondary N) is 1. The Morgan fingerprint density at radius 3 is 2.49 bits per heavy atom. The molecular formula is C41H47N7O5. The predicted octanol–water partition coefficient (Wildman–Crippen LogP) is 6.68. The third-order valence-electron chi connectivity index (χ3n) is 10.1. The van der Waals surface area contributed by atoms with Crippen LogP contribution >= 0.6 is 0 Å². The molecule has 7 rings (SSSR count). The molecule has 1 saturated carbocycles. The molecule has 2 fully saturated rings. The second-order valence-corrected chi connectivity index (χ2v) is 15.3. The number of anilines is 2. The number of fused-ring (bicyclic) bond motifs is 2. The molecule has 1 aliphatic carbocycles. The van der Waals surface area contributed by atoms with Gasteiger partial charge in [-0.15, -0.1) is 0 Å². The van der Waals surface area contributed by atoms with Crippen LogP contribution in [0.3, 0.4) is 0 Å². The number of nitrogens with zero attached hydrogens (tertiary/aromatic N) is 6. The van der Waals surface area contributed by atoms with E-state index in [2.05, 4.69) is 64.5 Å². The third kappa shape index (κ3) is 8.25. The molecule has 1 saturated heterocycles. The molecule has 0 bridgehead atoms. The zero-order valence-corrected chi connectivity index (χ0v) is 30.9. The number of piperazine rings is 1. The van der Waals surface area contributed by atoms with Crippen molar-refractivity contribution in [2.75, 3.05) is 42.6 Å². The summed E-state index contributed by atoms with van der Waals surface area (Å²) in [5.74, 6) is 0.754. The first-order valence-electron chi connectivity index (χ1n) is 18.4. The van der Waals surface area contributed by atoms with Gasteiger partial charge in [-0.1, -0.05) is 60.7 Å². The quantitative estimate of drug-likeness (QED) is 0.200. The van der Waals surface area contributed by atoms with Crippen molar-refractivity contribution in [1.29, 1.82) is 5.26 Å². The lowest BCUT2D eigenvalue weighted by Gasteiger charge is -2.42. The van der Waals surface area contributed by atoms with Crippen LogP contribution in [0.1, 0.15) is 62.4 Å². The summed E-state index contributed by atoms with van der Waals surface area (Å²) in [6.07, 6.45) is 1.47. The minimum Gasteiger partial charge on any atom is -0.461 e. The first-order chi connectivity index (χ1) is 25.5. The number of aromatic nitrogens is 2. The average Bonchev–Trinajstić information content (AvgIpc) is 3.91. The normalized spacial score (nSPS) is 17.8. The number of aryl methyl sites for hydroxylation is 1. The zero-order chi connectivity index (χ0) is 37.2. The molecule has 0 unspecified atom stereocenters. The molecule has 0 radical (unpaired) electrons. The second kappa shape index (κ2) is 14.8. The van der Waals surface area contributed by atoms with Crippen molar-refractivity contribution >= 4 is 34.5 Å². The van der Waals surface area contributed by atoms with E-state index in [1.807, 2.05) is 51.1 Å². The van der Waals surface area contributed by atoms with Gasteiger partial charge in [-0.25, -0.2) is 9.59 Å². The Labute approximate surface area is 310 Å². The summed E-state index contributed by atoms with van der Waals surface area (Å²) >= 11 is 0. The lowest BCUT2D eigenvalue weighted by Crippen LogP contribution is -2.55. The van der Waals surface area contributed by atoms with E-state index in [-0.39, 0.29) is 25.6 Å². The second-order valence-electron chi connectivity index (χ2n) is 15.3. The van der Waals surface area contributed by atoms with Gasteiger partial charge < -0.3 is 34.2 Å². The van der Waals surface area contributed by atoms with Crippen LogP contribution in [0.2, 0.25) is 0 Å². The highest BCUT2D eigenvalue weighted by Crippen LogP contribution is 2.38. The van der Waals surface area contributed by atoms with Crippen LogP contribution in [0, 0.1) is 18.3 Å². The van der Waals surface area contributed by atoms with E-state index in [0.717, 1.165) is 47.7 Å². The van der Waals surface area contributed by atoms with E-state index in [4.69, 9.17) is 24.2 Å². The van der Waals surface area contributed by atoms with Crippen molar-refractivity contribution in [2.24, 2.45) is 0 Å². The Morgan fingerprint density at radius 2 is 1.75 bits per heavy atom. The maximum absolute atomic E-state index is 13.3. The lowest BCUT2D eigenvalue weighted by atomic mass is 9.99. The average molecular weight is 718 g/mol. The Hall–Kier alpha value is -5.57. The Bertz CT molecular complexity index is 2020. The van der Waals surface area contributed by atoms with Gasteiger partial charge in [0.2, 0.25) is 0 Å². The topological polar surface area (TPSA) is 133 Å². The van der Waals surface area contributed by atoms with Crippen molar-refractivity contribution in [3.63, 3.8) is 0 Å². The highest BCUT2D eigenvalue weighted by atomic mass is 16.6. The van der Waals surface area contributed by atoms with Gasteiger partial charge in [-0.05, 0) is 69.5 Å². The fourth-order valence-corrected chi connectivity index (χ4v) is 7.24. The van der Waals surface area contributed by atoms with Gasteiger partial charge in [0.1, 0.15) is 24.6 Å². The molecule has 2 amide bonds. The number of hydrogen-bond acceptors (Lipinski definition) is 10. The Kier molecular flexibility index (Phi) is 10.0. The van der Waals surface area contributed by atoms with Crippen LogP contribution < -0.4 is 19.9 Å². The monoisotopic (exact) mass is 717 g/mol. The number of hydrogen-bond donors (Lipinski definition) is 1. The largest absolute Gasteiger partial charge is 0.461 e. The van der Waals surface area contributed by atoms with E-state index in [1.54, 1.807) is 4.90 Å². The lowest BCUT2D eigenvalue weighted by molar-refractivity contribution is 0.0474. The summed E-state index contributed by atoms with van der Waals surface area (Å²) in [4.78, 5) is 42.1. The van der Waals surface area contributed by atoms with Crippen LogP contribution in [-0.2, 0) is 29.0 Å². The summed E-state index contributed by atoms with van der Waals surface area (Å²) in [5.41, 5.74) is 4.02. The van der Waals surface area contributed by atoms with Gasteiger partial charge in [0.05, 0.1) is 36.3 Å². The first kappa shape index (κ1) is 35.8. The summed E-state index contributed by atoms with van der Waals surface area (Å²) in [6, 6.07) is 24.5. The van der Waals surface area contributed by atoms with Crippen LogP contribution in [0.5, 0.6) is 6.01 Å². The van der Waals surface area contributed by atoms with Gasteiger partial charge in [0, 0.05) is 42.8 Å². The number of amides is 2. The number of benzene rings is 3. The predicted molar refractivity (Wildman–Crippen MR) is 202 cm³/mol. The zero-order valence-electron chi connectivity index (χ0n) is 30.9. The van der Waals surface area contributed by atoms with Gasteiger partial charge in [-0.2, -0.15) is 15.2 Å². The Balaban J connectivity index is 1.15. The molecule has 53 heavy (non-hydrogen) atoms. The molecule has 3 aliphatic rings. The Morgan fingerprint density at radius 1 is 0.981 bits per heavy atom. The fraction of sp³-hybridized carbons (Fsp3) is 0.439. The minimum absolute atomic E-state index is 0.153. The van der Waals surface area contributed by atoms with E-state index in [1.165, 1.54) is 16.3 Å². The molecule has 12 heteroatoms. The molecular weight excluding hydrogens is 670 g/mol. The number of nitriles is 1. The standard InChI is InChI=1S/C41H47N7O5/c1-28-10-8-13-30-14-9-15-34(35(28)30)46-21-17-32-33(25-46)43-37(52-27-41(18-19-41)45-38(49)53-40(2,3)4)44-36(32)47-22-23-48(31(24-47)16-20-42)39(50)51-26-29-11-6-5-7-12-29/h5-15,31H,16-19,21-27H2,1-4H3,(H,45,49)/t31-/m0/s1. The van der Waals surface area contributed by atoms with Gasteiger partial charge in [-0.3, -0.25) is 0 Å². The molecule has 2 aliphatic heterocycles. The summed E-state index contributed by atoms with van der Waals surface area (Å²) in [7, 11) is 0. The number of carbonyl (C=O) groups is 2. The van der Waals surface area contributed by atoms with Crippen molar-refractivity contribution in [3.05, 3.63) is 89.1 Å². The SMILES string of the molecule is Cc1cccc2cccc(N3CCc4c(nc(OCC5(NC(=O)OC(C)(C)C)CC5)nc4N4CCN(C(=O)OCc5ccccc5)[C@@H](CC#N)C4)C3)c12. The number of rotatable bonds is 9. The maximum atomic E-state index is 13.3. The van der Waals surface area contributed by atoms with E-state index in [0.29, 0.717) is 32.6 Å². The van der Waals surface area contributed by atoms with Crippen molar-refractivity contribution in [2.45, 2.75) is 83.7 Å². The summed E-state index contributed by atoms with van der Waals surface area (Å²) < 4.78 is 17.5. The highest BCUT2D eigenvalue weighted by Gasteiger charge is 2.46. The number of carbonyl (C=O) groups excluding carboxylic acids is 2. The molecule has 276 valence electrons. The van der Waals surface area contributed by atoms with Crippen molar-refractivity contribution in [1.82, 2.24) is 20.2 Å². The molecule has 1 aromatic heterocycles. The van der Waals surface area contributed by atoms with Crippen molar-refractivity contribution < 1.29 is 23.8 Å². The highest BCUT2D eigenvalue weighted by molar-refractivity contribution is 5.97. The van der Waals surface area contributed by atoms with Crippen LogP contribution in [0.25, 0.3) is 10.8 Å². The van der Waals surface area contributed by atoms with Crippen LogP contribution in [-0.4, -0.2) is 77.0 Å². The summed E-state index contributed by atoms with van der Waals surface area (Å²) in [5, 5.41) is 15.2. The fourth-order valence-electron chi connectivity index (χ4n) is 7.24. The van der Waals surface area contributed by atoms with Gasteiger partial charge in [0.25, 0.3) is 0 Å². The minimum atomic E-state index is -0.613. The molecule has 12 nitrogen and oxygen atoms in total.